The summed E-state index contributed by atoms with van der Waals surface area (Å²) in [6.07, 6.45) is 3.72. The molecule has 5 nitrogen and oxygen atoms in total. The third kappa shape index (κ3) is 6.26. The average Bonchev–Trinajstić information content (AvgIpc) is 3.14. The van der Waals surface area contributed by atoms with Gasteiger partial charge in [-0.2, -0.15) is 0 Å². The van der Waals surface area contributed by atoms with Crippen molar-refractivity contribution in [3.8, 4) is 0 Å². The van der Waals surface area contributed by atoms with Gasteiger partial charge in [0.2, 0.25) is 0 Å². The molecule has 1 heterocycles. The first-order valence-corrected chi connectivity index (χ1v) is 8.57. The Morgan fingerprint density at radius 1 is 0.944 bits per heavy atom. The van der Waals surface area contributed by atoms with E-state index in [1.54, 1.807) is 0 Å². The summed E-state index contributed by atoms with van der Waals surface area (Å²) in [4.78, 5) is 0. The van der Waals surface area contributed by atoms with E-state index in [1.807, 2.05) is 20.8 Å². The molecule has 0 saturated carbocycles. The van der Waals surface area contributed by atoms with Gasteiger partial charge in [-0.3, -0.25) is 0 Å². The van der Waals surface area contributed by atoms with Crippen LogP contribution in [0.15, 0.2) is 0 Å². The molecular formula is C12H26O5Si. The normalized spacial score (nSPS) is 19.2. The van der Waals surface area contributed by atoms with E-state index in [9.17, 15) is 0 Å². The van der Waals surface area contributed by atoms with Crippen LogP contribution >= 0.6 is 0 Å². The summed E-state index contributed by atoms with van der Waals surface area (Å²) >= 11 is 0. The van der Waals surface area contributed by atoms with Gasteiger partial charge in [-0.1, -0.05) is 0 Å². The van der Waals surface area contributed by atoms with E-state index in [0.717, 1.165) is 25.9 Å². The third-order valence-electron chi connectivity index (χ3n) is 2.56. The van der Waals surface area contributed by atoms with Gasteiger partial charge in [0.25, 0.3) is 0 Å². The Labute approximate surface area is 111 Å². The van der Waals surface area contributed by atoms with Crippen LogP contribution in [-0.2, 0) is 22.4 Å². The molecule has 6 heteroatoms. The van der Waals surface area contributed by atoms with Crippen molar-refractivity contribution in [3.63, 3.8) is 0 Å². The van der Waals surface area contributed by atoms with Crippen molar-refractivity contribution in [3.05, 3.63) is 0 Å². The fourth-order valence-corrected chi connectivity index (χ4v) is 3.64. The van der Waals surface area contributed by atoms with Crippen molar-refractivity contribution in [2.75, 3.05) is 33.0 Å². The molecule has 18 heavy (non-hydrogen) atoms. The molecule has 0 bridgehead atoms. The van der Waals surface area contributed by atoms with Crippen LogP contribution in [-0.4, -0.2) is 48.2 Å². The molecule has 1 fully saturated rings. The number of rotatable bonds is 12. The number of hydrogen-bond donors (Lipinski definition) is 0. The van der Waals surface area contributed by atoms with Crippen molar-refractivity contribution < 1.29 is 22.4 Å². The van der Waals surface area contributed by atoms with E-state index in [-0.39, 0.29) is 0 Å². The Hall–Kier alpha value is 0.0169. The number of unbranched alkanes of at least 4 members (excludes halogenated alkanes) is 1. The predicted molar refractivity (Wildman–Crippen MR) is 70.2 cm³/mol. The Morgan fingerprint density at radius 2 is 1.50 bits per heavy atom. The van der Waals surface area contributed by atoms with Crippen LogP contribution in [0.4, 0.5) is 0 Å². The monoisotopic (exact) mass is 278 g/mol. The van der Waals surface area contributed by atoms with Crippen LogP contribution < -0.4 is 0 Å². The lowest BCUT2D eigenvalue weighted by molar-refractivity contribution is -0.0280. The van der Waals surface area contributed by atoms with Crippen molar-refractivity contribution in [2.45, 2.75) is 46.1 Å². The zero-order chi connectivity index (χ0) is 13.3. The SMILES string of the molecule is CCO[Si](OCC)(OCC)OCCCCC1CO1. The molecule has 0 aromatic carbocycles. The fraction of sp³-hybridized carbons (Fsp3) is 1.00. The van der Waals surface area contributed by atoms with Crippen LogP contribution in [0.3, 0.4) is 0 Å². The minimum absolute atomic E-state index is 0.498. The van der Waals surface area contributed by atoms with E-state index in [1.165, 1.54) is 0 Å². The molecule has 0 radical (unpaired) electrons. The van der Waals surface area contributed by atoms with Crippen molar-refractivity contribution in [1.29, 1.82) is 0 Å². The van der Waals surface area contributed by atoms with Gasteiger partial charge in [0.05, 0.1) is 12.7 Å². The lowest BCUT2D eigenvalue weighted by atomic mass is 10.2. The topological polar surface area (TPSA) is 49.5 Å². The number of hydrogen-bond acceptors (Lipinski definition) is 5. The van der Waals surface area contributed by atoms with E-state index < -0.39 is 9.05 Å². The standard InChI is InChI=1S/C12H26O5Si/c1-4-14-18(15-5-2,16-6-3)17-10-8-7-9-12-11-13-12/h12H,4-11H2,1-3H3. The van der Waals surface area contributed by atoms with Gasteiger partial charge in [-0.15, -0.1) is 0 Å². The van der Waals surface area contributed by atoms with Gasteiger partial charge in [-0.25, -0.2) is 0 Å². The summed E-state index contributed by atoms with van der Waals surface area (Å²) in [5.41, 5.74) is 0. The van der Waals surface area contributed by atoms with Crippen molar-refractivity contribution in [1.82, 2.24) is 0 Å². The lowest BCUT2D eigenvalue weighted by Crippen LogP contribution is -2.49. The Balaban J connectivity index is 2.22. The summed E-state index contributed by atoms with van der Waals surface area (Å²) in [5.74, 6) is 0. The van der Waals surface area contributed by atoms with Crippen LogP contribution in [0.5, 0.6) is 0 Å². The molecule has 0 aromatic heterocycles. The maximum absolute atomic E-state index is 5.78. The number of ether oxygens (including phenoxy) is 1. The summed E-state index contributed by atoms with van der Waals surface area (Å²) in [5, 5.41) is 0. The first-order valence-electron chi connectivity index (χ1n) is 6.93. The quantitative estimate of drug-likeness (QED) is 0.311. The van der Waals surface area contributed by atoms with Gasteiger partial charge < -0.3 is 22.4 Å². The third-order valence-corrected chi connectivity index (χ3v) is 5.05. The fourth-order valence-electron chi connectivity index (χ4n) is 1.69. The van der Waals surface area contributed by atoms with E-state index in [4.69, 9.17) is 22.4 Å². The molecular weight excluding hydrogens is 252 g/mol. The highest BCUT2D eigenvalue weighted by Crippen LogP contribution is 2.17. The van der Waals surface area contributed by atoms with Gasteiger partial charge in [0.1, 0.15) is 0 Å². The zero-order valence-corrected chi connectivity index (χ0v) is 12.8. The maximum Gasteiger partial charge on any atom is 0.679 e. The molecule has 1 aliphatic heterocycles. The maximum atomic E-state index is 5.78. The Kier molecular flexibility index (Phi) is 8.04. The molecule has 1 unspecified atom stereocenters. The molecule has 0 amide bonds. The van der Waals surface area contributed by atoms with Gasteiger partial charge in [0.15, 0.2) is 0 Å². The highest BCUT2D eigenvalue weighted by Gasteiger charge is 2.44. The van der Waals surface area contributed by atoms with E-state index in [2.05, 4.69) is 0 Å². The minimum Gasteiger partial charge on any atom is -0.373 e. The Morgan fingerprint density at radius 3 is 1.94 bits per heavy atom. The highest BCUT2D eigenvalue weighted by atomic mass is 28.4. The molecule has 1 aliphatic rings. The molecule has 108 valence electrons. The highest BCUT2D eigenvalue weighted by molar-refractivity contribution is 6.53. The van der Waals surface area contributed by atoms with E-state index in [0.29, 0.717) is 32.5 Å². The van der Waals surface area contributed by atoms with Gasteiger partial charge in [-0.05, 0) is 40.0 Å². The van der Waals surface area contributed by atoms with Crippen LogP contribution in [0.25, 0.3) is 0 Å². The molecule has 0 spiro atoms. The lowest BCUT2D eigenvalue weighted by Gasteiger charge is -2.26. The second-order valence-electron chi connectivity index (χ2n) is 4.10. The summed E-state index contributed by atoms with van der Waals surface area (Å²) in [6.45, 7) is 8.95. The van der Waals surface area contributed by atoms with Crippen LogP contribution in [0.2, 0.25) is 0 Å². The second-order valence-corrected chi connectivity index (χ2v) is 6.25. The molecule has 0 aromatic rings. The summed E-state index contributed by atoms with van der Waals surface area (Å²) in [7, 11) is -2.89. The first kappa shape index (κ1) is 16.1. The minimum atomic E-state index is -2.89. The zero-order valence-electron chi connectivity index (χ0n) is 11.8. The molecule has 1 rings (SSSR count). The predicted octanol–water partition coefficient (Wildman–Crippen LogP) is 2.12. The van der Waals surface area contributed by atoms with Crippen molar-refractivity contribution >= 4 is 9.05 Å². The summed E-state index contributed by atoms with van der Waals surface area (Å²) < 4.78 is 27.7. The summed E-state index contributed by atoms with van der Waals surface area (Å²) in [6, 6.07) is 0. The van der Waals surface area contributed by atoms with Gasteiger partial charge >= 0.3 is 9.05 Å². The largest absolute Gasteiger partial charge is 0.679 e. The molecule has 0 N–H and O–H groups in total. The van der Waals surface area contributed by atoms with Crippen LogP contribution in [0, 0.1) is 0 Å². The van der Waals surface area contributed by atoms with Crippen LogP contribution in [0.1, 0.15) is 40.0 Å². The molecule has 1 saturated heterocycles. The van der Waals surface area contributed by atoms with Crippen molar-refractivity contribution in [2.24, 2.45) is 0 Å². The van der Waals surface area contributed by atoms with Gasteiger partial charge in [0, 0.05) is 26.4 Å². The molecule has 0 aliphatic carbocycles. The Bertz CT molecular complexity index is 194. The smallest absolute Gasteiger partial charge is 0.373 e. The molecule has 1 atom stereocenters. The first-order chi connectivity index (χ1) is 8.76. The van der Waals surface area contributed by atoms with E-state index >= 15 is 0 Å². The second kappa shape index (κ2) is 9.01. The average molecular weight is 278 g/mol. The number of epoxide rings is 1.